The molecular formula is C21H24N6O3. The smallest absolute Gasteiger partial charge is 0.261 e. The molecular weight excluding hydrogens is 384 g/mol. The number of aliphatic hydroxyl groups excluding tert-OH is 1. The first-order valence-corrected chi connectivity index (χ1v) is 10.1. The van der Waals surface area contributed by atoms with Gasteiger partial charge in [0, 0.05) is 30.3 Å². The van der Waals surface area contributed by atoms with E-state index in [4.69, 9.17) is 0 Å². The van der Waals surface area contributed by atoms with Crippen molar-refractivity contribution in [3.8, 4) is 6.07 Å². The number of carbonyl (C=O) groups excluding carboxylic acids is 1. The van der Waals surface area contributed by atoms with Crippen LogP contribution in [0.15, 0.2) is 30.5 Å². The van der Waals surface area contributed by atoms with Crippen molar-refractivity contribution >= 4 is 23.4 Å². The third-order valence-corrected chi connectivity index (χ3v) is 5.71. The summed E-state index contributed by atoms with van der Waals surface area (Å²) in [6.07, 6.45) is 4.38. The summed E-state index contributed by atoms with van der Waals surface area (Å²) >= 11 is 0. The van der Waals surface area contributed by atoms with Gasteiger partial charge in [-0.3, -0.25) is 4.79 Å². The number of hydrogen-bond acceptors (Lipinski definition) is 8. The Hall–Kier alpha value is -3.22. The van der Waals surface area contributed by atoms with Crippen LogP contribution in [-0.4, -0.2) is 44.8 Å². The third-order valence-electron chi connectivity index (χ3n) is 5.71. The number of aromatic nitrogens is 2. The molecule has 0 radical (unpaired) electrons. The molecule has 2 aromatic rings. The van der Waals surface area contributed by atoms with Crippen molar-refractivity contribution in [2.45, 2.75) is 49.9 Å². The zero-order valence-corrected chi connectivity index (χ0v) is 16.4. The second-order valence-electron chi connectivity index (χ2n) is 7.75. The summed E-state index contributed by atoms with van der Waals surface area (Å²) in [7, 11) is 0. The van der Waals surface area contributed by atoms with Crippen molar-refractivity contribution in [3.63, 3.8) is 0 Å². The number of hydrogen-bond donors (Lipinski definition) is 5. The van der Waals surface area contributed by atoms with Gasteiger partial charge in [-0.05, 0) is 31.7 Å². The highest BCUT2D eigenvalue weighted by Gasteiger charge is 2.44. The number of carbonyl (C=O) groups is 1. The lowest BCUT2D eigenvalue weighted by atomic mass is 9.92. The van der Waals surface area contributed by atoms with E-state index in [0.29, 0.717) is 28.6 Å². The summed E-state index contributed by atoms with van der Waals surface area (Å²) in [5.74, 6) is 0.301. The average Bonchev–Trinajstić information content (AvgIpc) is 3.00. The Balaban J connectivity index is 1.42. The number of rotatable bonds is 6. The molecule has 1 saturated carbocycles. The fraction of sp³-hybridized carbons (Fsp3) is 0.429. The summed E-state index contributed by atoms with van der Waals surface area (Å²) < 4.78 is 0. The van der Waals surface area contributed by atoms with Gasteiger partial charge in [-0.1, -0.05) is 18.2 Å². The van der Waals surface area contributed by atoms with Gasteiger partial charge >= 0.3 is 0 Å². The van der Waals surface area contributed by atoms with E-state index in [1.807, 2.05) is 0 Å². The molecule has 1 aliphatic heterocycles. The van der Waals surface area contributed by atoms with E-state index in [2.05, 4.69) is 32.0 Å². The Morgan fingerprint density at radius 1 is 1.27 bits per heavy atom. The van der Waals surface area contributed by atoms with Crippen molar-refractivity contribution < 1.29 is 15.0 Å². The number of anilines is 3. The normalized spacial score (nSPS) is 25.2. The minimum absolute atomic E-state index is 0.141. The standard InChI is InChI=1S/C21H24N6O3/c22-11-13-12-24-20(27-18(13)25-14-5-7-15(28)8-6-14)23-10-9-21(30)16-3-1-2-4-17(16)26-19(21)29/h1-4,12,14-15,28,30H,5-10H2,(H,26,29)(H2,23,24,25,27)/t14-,15+,21?. The van der Waals surface area contributed by atoms with Gasteiger partial charge in [0.15, 0.2) is 5.60 Å². The number of nitriles is 1. The first-order valence-electron chi connectivity index (χ1n) is 10.1. The molecule has 156 valence electrons. The summed E-state index contributed by atoms with van der Waals surface area (Å²) in [5.41, 5.74) is -0.0993. The van der Waals surface area contributed by atoms with Crippen LogP contribution in [0.5, 0.6) is 0 Å². The van der Waals surface area contributed by atoms with E-state index in [9.17, 15) is 20.3 Å². The minimum Gasteiger partial charge on any atom is -0.393 e. The molecule has 1 unspecified atom stereocenters. The van der Waals surface area contributed by atoms with Crippen LogP contribution in [0.1, 0.15) is 43.2 Å². The quantitative estimate of drug-likeness (QED) is 0.486. The van der Waals surface area contributed by atoms with Crippen LogP contribution in [0, 0.1) is 11.3 Å². The molecule has 2 heterocycles. The van der Waals surface area contributed by atoms with E-state index in [0.717, 1.165) is 25.7 Å². The number of fused-ring (bicyclic) bond motifs is 1. The first kappa shape index (κ1) is 20.1. The lowest BCUT2D eigenvalue weighted by molar-refractivity contribution is -0.134. The summed E-state index contributed by atoms with van der Waals surface area (Å²) in [4.78, 5) is 20.9. The highest BCUT2D eigenvalue weighted by Crippen LogP contribution is 2.37. The van der Waals surface area contributed by atoms with E-state index >= 15 is 0 Å². The molecule has 9 heteroatoms. The van der Waals surface area contributed by atoms with Crippen molar-refractivity contribution in [2.75, 3.05) is 22.5 Å². The van der Waals surface area contributed by atoms with Crippen molar-refractivity contribution in [1.82, 2.24) is 9.97 Å². The molecule has 5 N–H and O–H groups in total. The van der Waals surface area contributed by atoms with Gasteiger partial charge in [0.05, 0.1) is 12.3 Å². The van der Waals surface area contributed by atoms with Crippen LogP contribution >= 0.6 is 0 Å². The van der Waals surface area contributed by atoms with Crippen LogP contribution in [0.2, 0.25) is 0 Å². The minimum atomic E-state index is -1.61. The Labute approximate surface area is 174 Å². The van der Waals surface area contributed by atoms with Crippen LogP contribution in [-0.2, 0) is 10.4 Å². The molecule has 1 aliphatic carbocycles. The van der Waals surface area contributed by atoms with Crippen molar-refractivity contribution in [1.29, 1.82) is 5.26 Å². The molecule has 30 heavy (non-hydrogen) atoms. The summed E-state index contributed by atoms with van der Waals surface area (Å²) in [6.45, 7) is 0.263. The molecule has 1 amide bonds. The third kappa shape index (κ3) is 3.92. The SMILES string of the molecule is N#Cc1cnc(NCCC2(O)C(=O)Nc3ccccc32)nc1N[C@H]1CC[C@@H](O)CC1. The molecule has 0 saturated heterocycles. The van der Waals surface area contributed by atoms with E-state index in [1.54, 1.807) is 24.3 Å². The maximum Gasteiger partial charge on any atom is 0.261 e. The van der Waals surface area contributed by atoms with Crippen molar-refractivity contribution in [2.24, 2.45) is 0 Å². The Morgan fingerprint density at radius 3 is 2.80 bits per heavy atom. The maximum atomic E-state index is 12.3. The molecule has 1 fully saturated rings. The molecule has 1 aromatic heterocycles. The summed E-state index contributed by atoms with van der Waals surface area (Å²) in [5, 5.41) is 38.9. The predicted octanol–water partition coefficient (Wildman–Crippen LogP) is 1.71. The van der Waals surface area contributed by atoms with Crippen LogP contribution in [0.3, 0.4) is 0 Å². The largest absolute Gasteiger partial charge is 0.393 e. The molecule has 2 aliphatic rings. The monoisotopic (exact) mass is 408 g/mol. The Morgan fingerprint density at radius 2 is 2.03 bits per heavy atom. The number of amides is 1. The Kier molecular flexibility index (Phi) is 5.53. The molecule has 9 nitrogen and oxygen atoms in total. The van der Waals surface area contributed by atoms with Gasteiger partial charge in [-0.25, -0.2) is 4.98 Å². The highest BCUT2D eigenvalue weighted by atomic mass is 16.3. The number of para-hydroxylation sites is 1. The highest BCUT2D eigenvalue weighted by molar-refractivity contribution is 6.04. The number of nitrogens with zero attached hydrogens (tertiary/aromatic N) is 3. The fourth-order valence-electron chi connectivity index (χ4n) is 3.98. The fourth-order valence-corrected chi connectivity index (χ4v) is 3.98. The second-order valence-corrected chi connectivity index (χ2v) is 7.75. The van der Waals surface area contributed by atoms with Gasteiger partial charge in [-0.2, -0.15) is 10.2 Å². The van der Waals surface area contributed by atoms with Crippen LogP contribution < -0.4 is 16.0 Å². The first-order chi connectivity index (χ1) is 14.5. The van der Waals surface area contributed by atoms with E-state index < -0.39 is 11.5 Å². The Bertz CT molecular complexity index is 983. The molecule has 4 rings (SSSR count). The number of nitrogens with one attached hydrogen (secondary N) is 3. The lowest BCUT2D eigenvalue weighted by Gasteiger charge is -2.27. The van der Waals surface area contributed by atoms with Gasteiger partial charge in [0.2, 0.25) is 5.95 Å². The maximum absolute atomic E-state index is 12.3. The second kappa shape index (κ2) is 8.26. The number of benzene rings is 1. The van der Waals surface area contributed by atoms with Gasteiger partial charge in [-0.15, -0.1) is 0 Å². The topological polar surface area (TPSA) is 143 Å². The van der Waals surface area contributed by atoms with Crippen molar-refractivity contribution in [3.05, 3.63) is 41.6 Å². The molecule has 1 atom stereocenters. The zero-order chi connectivity index (χ0) is 21.1. The molecule has 1 aromatic carbocycles. The zero-order valence-electron chi connectivity index (χ0n) is 16.4. The lowest BCUT2D eigenvalue weighted by Crippen LogP contribution is -2.36. The molecule has 0 spiro atoms. The predicted molar refractivity (Wildman–Crippen MR) is 111 cm³/mol. The molecule has 0 bridgehead atoms. The van der Waals surface area contributed by atoms with E-state index in [-0.39, 0.29) is 25.1 Å². The van der Waals surface area contributed by atoms with Gasteiger partial charge < -0.3 is 26.2 Å². The van der Waals surface area contributed by atoms with Gasteiger partial charge in [0.25, 0.3) is 5.91 Å². The van der Waals surface area contributed by atoms with Gasteiger partial charge in [0.1, 0.15) is 17.5 Å². The number of aliphatic hydroxyl groups is 2. The van der Waals surface area contributed by atoms with Crippen LogP contribution in [0.4, 0.5) is 17.5 Å². The van der Waals surface area contributed by atoms with E-state index in [1.165, 1.54) is 6.20 Å². The average molecular weight is 408 g/mol. The summed E-state index contributed by atoms with van der Waals surface area (Å²) in [6, 6.07) is 9.30. The van der Waals surface area contributed by atoms with Crippen LogP contribution in [0.25, 0.3) is 0 Å².